The van der Waals surface area contributed by atoms with Crippen molar-refractivity contribution in [1.29, 1.82) is 0 Å². The number of rotatable bonds is 8. The number of para-hydroxylation sites is 1. The number of primary amides is 1. The minimum atomic E-state index is -0.484. The molecule has 0 aromatic heterocycles. The highest BCUT2D eigenvalue weighted by atomic mass is 16.5. The van der Waals surface area contributed by atoms with Gasteiger partial charge in [0.05, 0.1) is 6.42 Å². The van der Waals surface area contributed by atoms with E-state index in [9.17, 15) is 9.59 Å². The van der Waals surface area contributed by atoms with Gasteiger partial charge in [-0.05, 0) is 48.7 Å². The van der Waals surface area contributed by atoms with Crippen molar-refractivity contribution < 1.29 is 14.3 Å². The van der Waals surface area contributed by atoms with Crippen LogP contribution in [0.25, 0.3) is 0 Å². The van der Waals surface area contributed by atoms with Gasteiger partial charge in [-0.25, -0.2) is 4.99 Å². The summed E-state index contributed by atoms with van der Waals surface area (Å²) in [6.07, 6.45) is 0.109. The van der Waals surface area contributed by atoms with Gasteiger partial charge >= 0.3 is 0 Å². The van der Waals surface area contributed by atoms with Crippen molar-refractivity contribution in [2.24, 2.45) is 10.7 Å². The lowest BCUT2D eigenvalue weighted by Crippen LogP contribution is -2.36. The number of nitrogens with zero attached hydrogens (tertiary/aromatic N) is 1. The molecule has 0 fully saturated rings. The Balaban J connectivity index is 1.57. The number of carbonyl (C=O) groups is 2. The van der Waals surface area contributed by atoms with E-state index >= 15 is 0 Å². The molecule has 0 saturated carbocycles. The summed E-state index contributed by atoms with van der Waals surface area (Å²) in [5, 5.41) is 6.44. The number of allylic oxidation sites excluding steroid dienone is 1. The Morgan fingerprint density at radius 1 is 1.00 bits per heavy atom. The molecular formula is C28H28N4O3. The predicted octanol–water partition coefficient (Wildman–Crippen LogP) is 4.27. The molecule has 4 rings (SSSR count). The minimum absolute atomic E-state index is 0.0543. The lowest BCUT2D eigenvalue weighted by molar-refractivity contribution is -0.117. The number of carbonyl (C=O) groups excluding carboxylic acids is 2. The molecular weight excluding hydrogens is 440 g/mol. The molecule has 0 spiro atoms. The lowest BCUT2D eigenvalue weighted by Gasteiger charge is -2.27. The summed E-state index contributed by atoms with van der Waals surface area (Å²) in [4.78, 5) is 28.8. The number of ketones is 1. The van der Waals surface area contributed by atoms with Crippen LogP contribution in [0.3, 0.4) is 0 Å². The Labute approximate surface area is 204 Å². The number of aliphatic imine (C=N–C) groups is 1. The molecule has 0 radical (unpaired) electrons. The first-order chi connectivity index (χ1) is 16.9. The van der Waals surface area contributed by atoms with Gasteiger partial charge in [-0.1, -0.05) is 60.7 Å². The SMILES string of the molecule is CC(=O)C1=C(C)NC(Nc2ccccc2CC(N)=O)=NC1c1ccc(OCc2ccccc2)cc1. The Hall–Kier alpha value is -4.39. The van der Waals surface area contributed by atoms with Crippen LogP contribution >= 0.6 is 0 Å². The third kappa shape index (κ3) is 5.95. The molecule has 3 aromatic carbocycles. The smallest absolute Gasteiger partial charge is 0.221 e. The third-order valence-electron chi connectivity index (χ3n) is 5.70. The van der Waals surface area contributed by atoms with E-state index in [-0.39, 0.29) is 12.2 Å². The number of amides is 1. The van der Waals surface area contributed by atoms with E-state index in [0.29, 0.717) is 18.1 Å². The molecule has 7 nitrogen and oxygen atoms in total. The molecule has 1 unspecified atom stereocenters. The van der Waals surface area contributed by atoms with Gasteiger partial charge in [-0.2, -0.15) is 0 Å². The molecule has 1 aliphatic rings. The molecule has 178 valence electrons. The van der Waals surface area contributed by atoms with Gasteiger partial charge in [-0.15, -0.1) is 0 Å². The quantitative estimate of drug-likeness (QED) is 0.458. The number of nitrogens with one attached hydrogen (secondary N) is 2. The molecule has 0 bridgehead atoms. The lowest BCUT2D eigenvalue weighted by atomic mass is 9.94. The van der Waals surface area contributed by atoms with E-state index in [1.54, 1.807) is 6.92 Å². The average molecular weight is 469 g/mol. The highest BCUT2D eigenvalue weighted by Gasteiger charge is 2.27. The number of hydrogen-bond donors (Lipinski definition) is 3. The largest absolute Gasteiger partial charge is 0.489 e. The third-order valence-corrected chi connectivity index (χ3v) is 5.70. The first kappa shape index (κ1) is 23.8. The first-order valence-corrected chi connectivity index (χ1v) is 11.4. The molecule has 1 amide bonds. The Morgan fingerprint density at radius 3 is 2.37 bits per heavy atom. The maximum Gasteiger partial charge on any atom is 0.221 e. The fourth-order valence-corrected chi connectivity index (χ4v) is 4.04. The van der Waals surface area contributed by atoms with Gasteiger partial charge < -0.3 is 21.1 Å². The predicted molar refractivity (Wildman–Crippen MR) is 137 cm³/mol. The Bertz CT molecular complexity index is 1280. The van der Waals surface area contributed by atoms with Gasteiger partial charge in [0.15, 0.2) is 5.78 Å². The molecule has 1 aliphatic heterocycles. The second-order valence-electron chi connectivity index (χ2n) is 8.37. The number of nitrogens with two attached hydrogens (primary N) is 1. The molecule has 4 N–H and O–H groups in total. The van der Waals surface area contributed by atoms with Crippen LogP contribution in [0.4, 0.5) is 5.69 Å². The number of Topliss-reactive ketones (excluding diaryl/α,β-unsaturated/α-hetero) is 1. The topological polar surface area (TPSA) is 106 Å². The highest BCUT2D eigenvalue weighted by molar-refractivity contribution is 6.02. The van der Waals surface area contributed by atoms with Crippen LogP contribution in [0, 0.1) is 0 Å². The number of benzene rings is 3. The molecule has 0 aliphatic carbocycles. The van der Waals surface area contributed by atoms with Crippen LogP contribution in [0.15, 0.2) is 95.1 Å². The summed E-state index contributed by atoms with van der Waals surface area (Å²) in [6.45, 7) is 3.87. The van der Waals surface area contributed by atoms with Crippen LogP contribution in [-0.2, 0) is 22.6 Å². The van der Waals surface area contributed by atoms with Gasteiger partial charge in [0.2, 0.25) is 11.9 Å². The molecule has 1 heterocycles. The molecule has 0 saturated heterocycles. The molecule has 7 heteroatoms. The summed E-state index contributed by atoms with van der Waals surface area (Å²) in [7, 11) is 0. The van der Waals surface area contributed by atoms with E-state index in [1.807, 2.05) is 85.8 Å². The normalized spacial score (nSPS) is 15.1. The van der Waals surface area contributed by atoms with Crippen molar-refractivity contribution in [3.63, 3.8) is 0 Å². The fraction of sp³-hybridized carbons (Fsp3) is 0.179. The number of guanidine groups is 1. The van der Waals surface area contributed by atoms with E-state index in [2.05, 4.69) is 10.6 Å². The van der Waals surface area contributed by atoms with Crippen LogP contribution in [0.2, 0.25) is 0 Å². The van der Waals surface area contributed by atoms with Crippen molar-refractivity contribution in [2.75, 3.05) is 5.32 Å². The Kier molecular flexibility index (Phi) is 7.26. The zero-order valence-electron chi connectivity index (χ0n) is 19.7. The second kappa shape index (κ2) is 10.7. The van der Waals surface area contributed by atoms with Gasteiger partial charge in [0.1, 0.15) is 18.4 Å². The van der Waals surface area contributed by atoms with Crippen molar-refractivity contribution in [2.45, 2.75) is 32.9 Å². The van der Waals surface area contributed by atoms with Crippen molar-refractivity contribution in [3.8, 4) is 5.75 Å². The first-order valence-electron chi connectivity index (χ1n) is 11.4. The summed E-state index contributed by atoms with van der Waals surface area (Å²) >= 11 is 0. The summed E-state index contributed by atoms with van der Waals surface area (Å²) < 4.78 is 5.90. The van der Waals surface area contributed by atoms with E-state index in [1.165, 1.54) is 0 Å². The summed E-state index contributed by atoms with van der Waals surface area (Å²) in [5.41, 5.74) is 10.2. The highest BCUT2D eigenvalue weighted by Crippen LogP contribution is 2.32. The van der Waals surface area contributed by atoms with Gasteiger partial charge in [0.25, 0.3) is 0 Å². The van der Waals surface area contributed by atoms with E-state index in [4.69, 9.17) is 15.5 Å². The van der Waals surface area contributed by atoms with Crippen molar-refractivity contribution in [1.82, 2.24) is 5.32 Å². The molecule has 1 atom stereocenters. The zero-order valence-corrected chi connectivity index (χ0v) is 19.7. The van der Waals surface area contributed by atoms with Gasteiger partial charge in [-0.3, -0.25) is 9.59 Å². The van der Waals surface area contributed by atoms with Crippen LogP contribution in [0.5, 0.6) is 5.75 Å². The molecule has 35 heavy (non-hydrogen) atoms. The average Bonchev–Trinajstić information content (AvgIpc) is 2.84. The summed E-state index contributed by atoms with van der Waals surface area (Å²) in [5.74, 6) is 0.750. The Morgan fingerprint density at radius 2 is 1.69 bits per heavy atom. The van der Waals surface area contributed by atoms with Crippen molar-refractivity contribution in [3.05, 3.63) is 107 Å². The molecule has 3 aromatic rings. The number of anilines is 1. The maximum absolute atomic E-state index is 12.5. The van der Waals surface area contributed by atoms with Crippen LogP contribution in [0.1, 0.15) is 36.6 Å². The number of ether oxygens (including phenoxy) is 1. The van der Waals surface area contributed by atoms with Crippen LogP contribution in [-0.4, -0.2) is 17.6 Å². The number of hydrogen-bond acceptors (Lipinski definition) is 6. The zero-order chi connectivity index (χ0) is 24.8. The van der Waals surface area contributed by atoms with E-state index < -0.39 is 11.9 Å². The van der Waals surface area contributed by atoms with E-state index in [0.717, 1.165) is 33.8 Å². The van der Waals surface area contributed by atoms with Crippen molar-refractivity contribution >= 4 is 23.3 Å². The van der Waals surface area contributed by atoms with Crippen LogP contribution < -0.4 is 21.1 Å². The fourth-order valence-electron chi connectivity index (χ4n) is 4.04. The summed E-state index contributed by atoms with van der Waals surface area (Å²) in [6, 6.07) is 24.5. The monoisotopic (exact) mass is 468 g/mol. The standard InChI is InChI=1S/C28H28N4O3/c1-18-26(19(2)33)27(21-12-14-23(15-13-21)35-17-20-8-4-3-5-9-20)32-28(30-18)31-24-11-7-6-10-22(24)16-25(29)34/h3-15,27H,16-17H2,1-2H3,(H2,29,34)(H2,30,31,32). The maximum atomic E-state index is 12.5. The van der Waals surface area contributed by atoms with Gasteiger partial charge in [0, 0.05) is 17.0 Å². The minimum Gasteiger partial charge on any atom is -0.489 e. The second-order valence-corrected chi connectivity index (χ2v) is 8.37.